The zero-order valence-corrected chi connectivity index (χ0v) is 21.5. The molecule has 4 aliphatic heterocycles. The fourth-order valence-corrected chi connectivity index (χ4v) is 4.94. The number of halogens is 1. The fraction of sp³-hybridized carbons (Fsp3) is 0.407. The van der Waals surface area contributed by atoms with Crippen LogP contribution in [0, 0.1) is 0 Å². The Hall–Kier alpha value is -2.91. The first-order valence-electron chi connectivity index (χ1n) is 11.7. The lowest BCUT2D eigenvalue weighted by Crippen LogP contribution is -2.64. The topological polar surface area (TPSA) is 83.5 Å². The maximum absolute atomic E-state index is 13.9. The lowest BCUT2D eigenvalue weighted by molar-refractivity contribution is -0.521. The first kappa shape index (κ1) is 24.8. The number of carbonyl (C=O) groups is 2. The van der Waals surface area contributed by atoms with Gasteiger partial charge in [-0.05, 0) is 69.2 Å². The second kappa shape index (κ2) is 8.59. The van der Waals surface area contributed by atoms with Crippen molar-refractivity contribution in [1.82, 2.24) is 4.90 Å². The van der Waals surface area contributed by atoms with Gasteiger partial charge in [0.1, 0.15) is 17.5 Å². The third kappa shape index (κ3) is 4.18. The van der Waals surface area contributed by atoms with Gasteiger partial charge in [-0.3, -0.25) is 4.79 Å². The number of carbonyl (C=O) groups excluding carboxylic acids is 2. The highest BCUT2D eigenvalue weighted by Crippen LogP contribution is 2.56. The minimum Gasteiger partial charge on any atom is -0.497 e. The molecule has 4 aliphatic rings. The molecule has 8 nitrogen and oxygen atoms in total. The highest BCUT2D eigenvalue weighted by atomic mass is 35.5. The van der Waals surface area contributed by atoms with Crippen LogP contribution in [0.15, 0.2) is 60.2 Å². The van der Waals surface area contributed by atoms with Gasteiger partial charge in [-0.2, -0.15) is 4.89 Å². The summed E-state index contributed by atoms with van der Waals surface area (Å²) in [6.45, 7) is 7.02. The SMILES string of the molecule is COc1ccc(C2O[C@]34CC(c5ccc(Cl)cc5)N(C(=O)OC(C)(C)C)C(=O)C3=C[C@@]2(C)OO4)cc1. The van der Waals surface area contributed by atoms with E-state index in [4.69, 9.17) is 35.6 Å². The number of hydrogen-bond acceptors (Lipinski definition) is 7. The lowest BCUT2D eigenvalue weighted by Gasteiger charge is -2.56. The maximum Gasteiger partial charge on any atom is 0.417 e. The summed E-state index contributed by atoms with van der Waals surface area (Å²) in [5.74, 6) is -1.36. The van der Waals surface area contributed by atoms with E-state index in [9.17, 15) is 9.59 Å². The van der Waals surface area contributed by atoms with Gasteiger partial charge in [-0.1, -0.05) is 35.9 Å². The molecule has 190 valence electrons. The molecule has 0 aromatic heterocycles. The first-order chi connectivity index (χ1) is 16.9. The highest BCUT2D eigenvalue weighted by molar-refractivity contribution is 6.30. The number of ether oxygens (including phenoxy) is 3. The van der Waals surface area contributed by atoms with E-state index in [0.717, 1.165) is 10.5 Å². The normalized spacial score (nSPS) is 29.4. The van der Waals surface area contributed by atoms with Crippen LogP contribution in [0.2, 0.25) is 5.02 Å². The molecular weight excluding hydrogens is 486 g/mol. The second-order valence-electron chi connectivity index (χ2n) is 10.4. The number of fused-ring (bicyclic) bond motifs is 2. The average molecular weight is 514 g/mol. The van der Waals surface area contributed by atoms with Gasteiger partial charge in [0, 0.05) is 11.4 Å². The van der Waals surface area contributed by atoms with Crippen LogP contribution in [0.4, 0.5) is 4.79 Å². The van der Waals surface area contributed by atoms with Crippen LogP contribution >= 0.6 is 11.6 Å². The van der Waals surface area contributed by atoms with Crippen molar-refractivity contribution in [1.29, 1.82) is 0 Å². The Morgan fingerprint density at radius 3 is 2.31 bits per heavy atom. The Morgan fingerprint density at radius 2 is 1.69 bits per heavy atom. The number of likely N-dealkylation sites (tertiary alicyclic amines) is 1. The summed E-state index contributed by atoms with van der Waals surface area (Å²) < 4.78 is 17.4. The number of amides is 2. The quantitative estimate of drug-likeness (QED) is 0.489. The summed E-state index contributed by atoms with van der Waals surface area (Å²) >= 11 is 6.10. The zero-order chi connectivity index (χ0) is 25.9. The Bertz CT molecular complexity index is 1220. The Morgan fingerprint density at radius 1 is 1.06 bits per heavy atom. The number of hydrogen-bond donors (Lipinski definition) is 0. The number of piperidine rings is 1. The molecule has 2 saturated heterocycles. The van der Waals surface area contributed by atoms with Crippen LogP contribution < -0.4 is 4.74 Å². The number of methoxy groups -OCH3 is 1. The summed E-state index contributed by atoms with van der Waals surface area (Å²) in [6.07, 6.45) is 0.496. The molecule has 1 spiro atoms. The lowest BCUT2D eigenvalue weighted by atomic mass is 9.78. The molecule has 36 heavy (non-hydrogen) atoms. The van der Waals surface area contributed by atoms with E-state index in [-0.39, 0.29) is 12.0 Å². The molecule has 2 bridgehead atoms. The summed E-state index contributed by atoms with van der Waals surface area (Å²) in [7, 11) is 1.60. The first-order valence-corrected chi connectivity index (χ1v) is 12.1. The molecule has 4 heterocycles. The van der Waals surface area contributed by atoms with E-state index in [1.165, 1.54) is 0 Å². The molecule has 9 heteroatoms. The number of nitrogens with zero attached hydrogens (tertiary/aromatic N) is 1. The number of imide groups is 1. The second-order valence-corrected chi connectivity index (χ2v) is 10.8. The van der Waals surface area contributed by atoms with Gasteiger partial charge in [0.05, 0.1) is 18.7 Å². The predicted molar refractivity (Wildman–Crippen MR) is 130 cm³/mol. The van der Waals surface area contributed by atoms with Gasteiger partial charge in [0.15, 0.2) is 5.60 Å². The van der Waals surface area contributed by atoms with Crippen molar-refractivity contribution >= 4 is 23.6 Å². The maximum atomic E-state index is 13.9. The van der Waals surface area contributed by atoms with Crippen LogP contribution in [0.3, 0.4) is 0 Å². The molecule has 2 fully saturated rings. The molecular formula is C27H28ClNO7. The largest absolute Gasteiger partial charge is 0.497 e. The molecule has 2 amide bonds. The van der Waals surface area contributed by atoms with E-state index in [1.807, 2.05) is 24.3 Å². The minimum atomic E-state index is -1.51. The van der Waals surface area contributed by atoms with E-state index in [2.05, 4.69) is 0 Å². The predicted octanol–water partition coefficient (Wildman–Crippen LogP) is 5.67. The van der Waals surface area contributed by atoms with Crippen LogP contribution in [0.25, 0.3) is 0 Å². The Kier molecular flexibility index (Phi) is 5.91. The van der Waals surface area contributed by atoms with Gasteiger partial charge in [-0.25, -0.2) is 14.6 Å². The minimum absolute atomic E-state index is 0.105. The third-order valence-electron chi connectivity index (χ3n) is 6.51. The van der Waals surface area contributed by atoms with Crippen molar-refractivity contribution < 1.29 is 33.6 Å². The molecule has 0 saturated carbocycles. The molecule has 0 radical (unpaired) electrons. The average Bonchev–Trinajstić information content (AvgIpc) is 2.83. The number of rotatable bonds is 3. The summed E-state index contributed by atoms with van der Waals surface area (Å²) in [6, 6.07) is 13.6. The monoisotopic (exact) mass is 513 g/mol. The van der Waals surface area contributed by atoms with Crippen LogP contribution in [0.5, 0.6) is 5.75 Å². The molecule has 6 rings (SSSR count). The molecule has 0 aliphatic carbocycles. The van der Waals surface area contributed by atoms with Crippen molar-refractivity contribution in [2.24, 2.45) is 0 Å². The van der Waals surface area contributed by atoms with Crippen LogP contribution in [-0.2, 0) is 24.0 Å². The van der Waals surface area contributed by atoms with Gasteiger partial charge < -0.3 is 14.2 Å². The van der Waals surface area contributed by atoms with Crippen LogP contribution in [0.1, 0.15) is 57.4 Å². The molecule has 0 N–H and O–H groups in total. The van der Waals surface area contributed by atoms with Crippen molar-refractivity contribution in [2.45, 2.75) is 63.3 Å². The summed E-state index contributed by atoms with van der Waals surface area (Å²) in [4.78, 5) is 39.9. The van der Waals surface area contributed by atoms with Gasteiger partial charge in [0.2, 0.25) is 5.79 Å². The van der Waals surface area contributed by atoms with Gasteiger partial charge in [0.25, 0.3) is 5.91 Å². The van der Waals surface area contributed by atoms with Crippen molar-refractivity contribution in [3.05, 3.63) is 76.3 Å². The van der Waals surface area contributed by atoms with Gasteiger partial charge >= 0.3 is 6.09 Å². The van der Waals surface area contributed by atoms with Gasteiger partial charge in [-0.15, -0.1) is 0 Å². The Balaban J connectivity index is 1.58. The van der Waals surface area contributed by atoms with Crippen LogP contribution in [-0.4, -0.2) is 41.0 Å². The van der Waals surface area contributed by atoms with E-state index >= 15 is 0 Å². The standard InChI is InChI=1S/C27H28ClNO7/c1-25(2,3)34-24(31)29-21(16-6-10-18(28)11-7-16)15-27-20(23(29)30)14-26(4,35-36-27)22(33-27)17-8-12-19(32-5)13-9-17/h6-14,21-22H,15H2,1-5H3/t21?,22?,26-,27+/m1/s1. The van der Waals surface area contributed by atoms with E-state index < -0.39 is 41.1 Å². The van der Waals surface area contributed by atoms with E-state index in [0.29, 0.717) is 16.3 Å². The highest BCUT2D eigenvalue weighted by Gasteiger charge is 2.64. The van der Waals surface area contributed by atoms with Crippen molar-refractivity contribution in [3.63, 3.8) is 0 Å². The molecule has 2 aromatic carbocycles. The molecule has 4 atom stereocenters. The molecule has 2 aromatic rings. The smallest absolute Gasteiger partial charge is 0.417 e. The summed E-state index contributed by atoms with van der Waals surface area (Å²) in [5.41, 5.74) is -0.176. The number of benzene rings is 2. The fourth-order valence-electron chi connectivity index (χ4n) is 4.82. The molecule has 2 unspecified atom stereocenters. The summed E-state index contributed by atoms with van der Waals surface area (Å²) in [5, 5.41) is 0.532. The zero-order valence-electron chi connectivity index (χ0n) is 20.7. The van der Waals surface area contributed by atoms with E-state index in [1.54, 1.807) is 65.1 Å². The van der Waals surface area contributed by atoms with Crippen molar-refractivity contribution in [3.8, 4) is 5.75 Å². The Labute approximate surface area is 214 Å². The van der Waals surface area contributed by atoms with Crippen molar-refractivity contribution in [2.75, 3.05) is 7.11 Å². The third-order valence-corrected chi connectivity index (χ3v) is 6.76.